The molecule has 1 aliphatic heterocycles. The van der Waals surface area contributed by atoms with Crippen LogP contribution in [0.15, 0.2) is 48.5 Å². The molecule has 0 amide bonds. The second-order valence-electron chi connectivity index (χ2n) is 7.38. The molecule has 2 fully saturated rings. The summed E-state index contributed by atoms with van der Waals surface area (Å²) in [6.07, 6.45) is 2.39. The van der Waals surface area contributed by atoms with Gasteiger partial charge in [0.25, 0.3) is 0 Å². The van der Waals surface area contributed by atoms with E-state index in [1.165, 1.54) is 23.1 Å². The molecule has 2 aromatic rings. The van der Waals surface area contributed by atoms with E-state index in [4.69, 9.17) is 17.3 Å². The lowest BCUT2D eigenvalue weighted by atomic mass is 10.0. The number of nitrogens with two attached hydrogens (primary N) is 1. The molecule has 25 heavy (non-hydrogen) atoms. The van der Waals surface area contributed by atoms with Crippen molar-refractivity contribution in [1.82, 2.24) is 10.2 Å². The molecule has 1 saturated carbocycles. The SMILES string of the molecule is N[C@@H]1CCN(CCN[C@H]2CC2c2ccc(-c3ccc(Cl)cc3)cc2)C1. The molecule has 4 heteroatoms. The highest BCUT2D eigenvalue weighted by Crippen LogP contribution is 2.41. The zero-order chi connectivity index (χ0) is 17.2. The summed E-state index contributed by atoms with van der Waals surface area (Å²) in [6, 6.07) is 18.0. The Morgan fingerprint density at radius 1 is 1.04 bits per heavy atom. The molecule has 0 bridgehead atoms. The first-order valence-electron chi connectivity index (χ1n) is 9.26. The summed E-state index contributed by atoms with van der Waals surface area (Å²) >= 11 is 5.96. The Balaban J connectivity index is 1.26. The molecule has 1 saturated heterocycles. The van der Waals surface area contributed by atoms with E-state index in [2.05, 4.69) is 46.6 Å². The van der Waals surface area contributed by atoms with Crippen molar-refractivity contribution in [3.05, 3.63) is 59.1 Å². The standard InChI is InChI=1S/C21H26ClN3/c22-18-7-5-16(6-8-18)15-1-3-17(4-2-15)20-13-21(20)24-10-12-25-11-9-19(23)14-25/h1-8,19-21,24H,9-14,23H2/t19-,20?,21+/m1/s1. The molecule has 0 aromatic heterocycles. The maximum atomic E-state index is 5.96. The minimum absolute atomic E-state index is 0.382. The van der Waals surface area contributed by atoms with Gasteiger partial charge in [0.2, 0.25) is 0 Å². The summed E-state index contributed by atoms with van der Waals surface area (Å²) in [7, 11) is 0. The second kappa shape index (κ2) is 7.46. The number of nitrogens with zero attached hydrogens (tertiary/aromatic N) is 1. The number of halogens is 1. The first kappa shape index (κ1) is 17.0. The molecular formula is C21H26ClN3. The van der Waals surface area contributed by atoms with Crippen molar-refractivity contribution in [2.75, 3.05) is 26.2 Å². The fourth-order valence-electron chi connectivity index (χ4n) is 3.83. The second-order valence-corrected chi connectivity index (χ2v) is 7.82. The van der Waals surface area contributed by atoms with E-state index in [-0.39, 0.29) is 0 Å². The molecule has 0 radical (unpaired) electrons. The van der Waals surface area contributed by atoms with E-state index in [1.54, 1.807) is 0 Å². The fraction of sp³-hybridized carbons (Fsp3) is 0.429. The van der Waals surface area contributed by atoms with E-state index in [0.29, 0.717) is 18.0 Å². The van der Waals surface area contributed by atoms with Crippen molar-refractivity contribution in [1.29, 1.82) is 0 Å². The summed E-state index contributed by atoms with van der Waals surface area (Å²) in [6.45, 7) is 4.40. The predicted octanol–water partition coefficient (Wildman–Crippen LogP) is 3.49. The molecule has 4 rings (SSSR count). The van der Waals surface area contributed by atoms with Gasteiger partial charge in [0, 0.05) is 42.7 Å². The van der Waals surface area contributed by atoms with Crippen LogP contribution < -0.4 is 11.1 Å². The van der Waals surface area contributed by atoms with Crippen LogP contribution in [-0.2, 0) is 0 Å². The molecule has 3 N–H and O–H groups in total. The minimum Gasteiger partial charge on any atom is -0.326 e. The van der Waals surface area contributed by atoms with E-state index in [0.717, 1.165) is 37.6 Å². The average Bonchev–Trinajstić information content (AvgIpc) is 3.28. The highest BCUT2D eigenvalue weighted by molar-refractivity contribution is 6.30. The van der Waals surface area contributed by atoms with E-state index < -0.39 is 0 Å². The van der Waals surface area contributed by atoms with Gasteiger partial charge in [-0.2, -0.15) is 0 Å². The van der Waals surface area contributed by atoms with Gasteiger partial charge in [-0.3, -0.25) is 0 Å². The normalized spacial score (nSPS) is 26.1. The molecular weight excluding hydrogens is 330 g/mol. The smallest absolute Gasteiger partial charge is 0.0406 e. The lowest BCUT2D eigenvalue weighted by molar-refractivity contribution is 0.331. The maximum Gasteiger partial charge on any atom is 0.0406 e. The van der Waals surface area contributed by atoms with E-state index in [1.807, 2.05) is 12.1 Å². The van der Waals surface area contributed by atoms with Gasteiger partial charge in [-0.15, -0.1) is 0 Å². The maximum absolute atomic E-state index is 5.96. The summed E-state index contributed by atoms with van der Waals surface area (Å²) in [4.78, 5) is 2.47. The Hall–Kier alpha value is -1.39. The molecule has 3 atom stereocenters. The van der Waals surface area contributed by atoms with Gasteiger partial charge in [0.15, 0.2) is 0 Å². The van der Waals surface area contributed by atoms with Gasteiger partial charge >= 0.3 is 0 Å². The lowest BCUT2D eigenvalue weighted by Gasteiger charge is -2.15. The monoisotopic (exact) mass is 355 g/mol. The van der Waals surface area contributed by atoms with Crippen LogP contribution in [0.3, 0.4) is 0 Å². The molecule has 0 spiro atoms. The minimum atomic E-state index is 0.382. The zero-order valence-electron chi connectivity index (χ0n) is 14.5. The van der Waals surface area contributed by atoms with E-state index in [9.17, 15) is 0 Å². The molecule has 2 aromatic carbocycles. The van der Waals surface area contributed by atoms with Crippen molar-refractivity contribution in [3.8, 4) is 11.1 Å². The third kappa shape index (κ3) is 4.24. The number of likely N-dealkylation sites (tertiary alicyclic amines) is 1. The summed E-state index contributed by atoms with van der Waals surface area (Å²) < 4.78 is 0. The Kier molecular flexibility index (Phi) is 5.09. The van der Waals surface area contributed by atoms with Gasteiger partial charge in [-0.25, -0.2) is 0 Å². The quantitative estimate of drug-likeness (QED) is 0.833. The Morgan fingerprint density at radius 3 is 2.36 bits per heavy atom. The zero-order valence-corrected chi connectivity index (χ0v) is 15.3. The van der Waals surface area contributed by atoms with Crippen LogP contribution in [0.25, 0.3) is 11.1 Å². The predicted molar refractivity (Wildman–Crippen MR) is 105 cm³/mol. The van der Waals surface area contributed by atoms with Crippen LogP contribution in [0.1, 0.15) is 24.3 Å². The Morgan fingerprint density at radius 2 is 1.72 bits per heavy atom. The number of rotatable bonds is 6. The average molecular weight is 356 g/mol. The van der Waals surface area contributed by atoms with Crippen LogP contribution >= 0.6 is 11.6 Å². The van der Waals surface area contributed by atoms with Crippen LogP contribution in [-0.4, -0.2) is 43.2 Å². The van der Waals surface area contributed by atoms with Gasteiger partial charge < -0.3 is 16.0 Å². The topological polar surface area (TPSA) is 41.3 Å². The molecule has 1 heterocycles. The molecule has 3 nitrogen and oxygen atoms in total. The van der Waals surface area contributed by atoms with E-state index >= 15 is 0 Å². The van der Waals surface area contributed by atoms with Crippen LogP contribution in [0, 0.1) is 0 Å². The fourth-order valence-corrected chi connectivity index (χ4v) is 3.95. The Labute approximate surface area is 155 Å². The highest BCUT2D eigenvalue weighted by Gasteiger charge is 2.37. The summed E-state index contributed by atoms with van der Waals surface area (Å²) in [5.74, 6) is 0.667. The number of benzene rings is 2. The van der Waals surface area contributed by atoms with Crippen LogP contribution in [0.5, 0.6) is 0 Å². The Bertz CT molecular complexity index is 698. The number of nitrogens with one attached hydrogen (secondary N) is 1. The molecule has 1 unspecified atom stereocenters. The molecule has 2 aliphatic rings. The van der Waals surface area contributed by atoms with Crippen molar-refractivity contribution in [3.63, 3.8) is 0 Å². The summed E-state index contributed by atoms with van der Waals surface area (Å²) in [5, 5.41) is 4.48. The molecule has 132 valence electrons. The van der Waals surface area contributed by atoms with Crippen molar-refractivity contribution >= 4 is 11.6 Å². The summed E-state index contributed by atoms with van der Waals surface area (Å²) in [5.41, 5.74) is 9.86. The van der Waals surface area contributed by atoms with Crippen molar-refractivity contribution in [2.24, 2.45) is 5.73 Å². The van der Waals surface area contributed by atoms with Gasteiger partial charge in [-0.1, -0.05) is 48.0 Å². The molecule has 1 aliphatic carbocycles. The number of hydrogen-bond donors (Lipinski definition) is 2. The number of hydrogen-bond acceptors (Lipinski definition) is 3. The highest BCUT2D eigenvalue weighted by atomic mass is 35.5. The van der Waals surface area contributed by atoms with Crippen LogP contribution in [0.4, 0.5) is 0 Å². The van der Waals surface area contributed by atoms with Gasteiger partial charge in [0.1, 0.15) is 0 Å². The third-order valence-electron chi connectivity index (χ3n) is 5.45. The largest absolute Gasteiger partial charge is 0.326 e. The van der Waals surface area contributed by atoms with Gasteiger partial charge in [0.05, 0.1) is 0 Å². The van der Waals surface area contributed by atoms with Crippen molar-refractivity contribution in [2.45, 2.75) is 30.8 Å². The first-order chi connectivity index (χ1) is 12.2. The van der Waals surface area contributed by atoms with Crippen LogP contribution in [0.2, 0.25) is 5.02 Å². The first-order valence-corrected chi connectivity index (χ1v) is 9.64. The third-order valence-corrected chi connectivity index (χ3v) is 5.70. The van der Waals surface area contributed by atoms with Gasteiger partial charge in [-0.05, 0) is 48.2 Å². The lowest BCUT2D eigenvalue weighted by Crippen LogP contribution is -2.33. The van der Waals surface area contributed by atoms with Crippen molar-refractivity contribution < 1.29 is 0 Å².